The summed E-state index contributed by atoms with van der Waals surface area (Å²) in [6.45, 7) is 0.545. The molecule has 102 valence electrons. The van der Waals surface area contributed by atoms with E-state index >= 15 is 0 Å². The average Bonchev–Trinajstić information content (AvgIpc) is 2.43. The molecule has 0 atom stereocenters. The van der Waals surface area contributed by atoms with Gasteiger partial charge >= 0.3 is 0 Å². The molecule has 0 fully saturated rings. The van der Waals surface area contributed by atoms with Crippen molar-refractivity contribution in [2.75, 3.05) is 6.54 Å². The van der Waals surface area contributed by atoms with Crippen LogP contribution in [0, 0.1) is 23.5 Å². The number of rotatable bonds is 3. The van der Waals surface area contributed by atoms with Crippen molar-refractivity contribution in [3.05, 3.63) is 65.2 Å². The van der Waals surface area contributed by atoms with Crippen LogP contribution in [-0.4, -0.2) is 6.54 Å². The summed E-state index contributed by atoms with van der Waals surface area (Å²) < 4.78 is 31.3. The first-order valence-corrected chi connectivity index (χ1v) is 6.04. The fraction of sp³-hybridized carbons (Fsp3) is 0.125. The van der Waals surface area contributed by atoms with Crippen molar-refractivity contribution < 1.29 is 13.5 Å². The van der Waals surface area contributed by atoms with E-state index in [9.17, 15) is 8.78 Å². The average molecular weight is 273 g/mol. The molecule has 0 spiro atoms. The first-order valence-electron chi connectivity index (χ1n) is 6.04. The van der Waals surface area contributed by atoms with Crippen LogP contribution in [0.5, 0.6) is 5.75 Å². The van der Waals surface area contributed by atoms with Crippen LogP contribution >= 0.6 is 0 Å². The second kappa shape index (κ2) is 6.69. The summed E-state index contributed by atoms with van der Waals surface area (Å²) in [4.78, 5) is 0. The molecule has 0 amide bonds. The molecule has 0 aliphatic carbocycles. The van der Waals surface area contributed by atoms with E-state index in [1.165, 1.54) is 0 Å². The highest BCUT2D eigenvalue weighted by molar-refractivity contribution is 5.36. The summed E-state index contributed by atoms with van der Waals surface area (Å²) in [5, 5.41) is 0. The van der Waals surface area contributed by atoms with Crippen LogP contribution in [-0.2, 0) is 6.61 Å². The fourth-order valence-electron chi connectivity index (χ4n) is 1.62. The quantitative estimate of drug-likeness (QED) is 0.873. The molecule has 2 rings (SSSR count). The second-order valence-electron chi connectivity index (χ2n) is 4.10. The maximum absolute atomic E-state index is 13.0. The maximum atomic E-state index is 13.0. The van der Waals surface area contributed by atoms with Gasteiger partial charge in [-0.15, -0.1) is 0 Å². The molecule has 0 bridgehead atoms. The van der Waals surface area contributed by atoms with Crippen LogP contribution in [0.1, 0.15) is 11.1 Å². The van der Waals surface area contributed by atoms with Crippen LogP contribution in [0.2, 0.25) is 0 Å². The van der Waals surface area contributed by atoms with Crippen molar-refractivity contribution in [1.82, 2.24) is 0 Å². The molecule has 0 saturated heterocycles. The second-order valence-corrected chi connectivity index (χ2v) is 4.10. The molecule has 0 radical (unpaired) electrons. The van der Waals surface area contributed by atoms with Crippen molar-refractivity contribution in [3.8, 4) is 17.6 Å². The zero-order valence-corrected chi connectivity index (χ0v) is 10.7. The topological polar surface area (TPSA) is 35.2 Å². The predicted molar refractivity (Wildman–Crippen MR) is 73.1 cm³/mol. The zero-order chi connectivity index (χ0) is 14.4. The van der Waals surface area contributed by atoms with Gasteiger partial charge in [0.05, 0.1) is 6.54 Å². The van der Waals surface area contributed by atoms with Crippen molar-refractivity contribution >= 4 is 0 Å². The highest BCUT2D eigenvalue weighted by Crippen LogP contribution is 2.17. The van der Waals surface area contributed by atoms with E-state index in [0.717, 1.165) is 29.3 Å². The SMILES string of the molecule is NCC#Cc1ccc(COc2cc(F)cc(F)c2)cc1. The van der Waals surface area contributed by atoms with E-state index in [4.69, 9.17) is 10.5 Å². The van der Waals surface area contributed by atoms with Gasteiger partial charge in [-0.3, -0.25) is 0 Å². The maximum Gasteiger partial charge on any atom is 0.129 e. The highest BCUT2D eigenvalue weighted by Gasteiger charge is 2.02. The third kappa shape index (κ3) is 4.08. The van der Waals surface area contributed by atoms with Gasteiger partial charge in [-0.05, 0) is 17.7 Å². The van der Waals surface area contributed by atoms with E-state index < -0.39 is 11.6 Å². The van der Waals surface area contributed by atoms with Crippen LogP contribution in [0.3, 0.4) is 0 Å². The molecular formula is C16H13F2NO. The van der Waals surface area contributed by atoms with Gasteiger partial charge in [-0.2, -0.15) is 0 Å². The van der Waals surface area contributed by atoms with Gasteiger partial charge in [0.1, 0.15) is 24.0 Å². The predicted octanol–water partition coefficient (Wildman–Crippen LogP) is 2.85. The summed E-state index contributed by atoms with van der Waals surface area (Å²) in [5.74, 6) is 4.50. The first-order chi connectivity index (χ1) is 9.67. The molecule has 0 unspecified atom stereocenters. The Balaban J connectivity index is 2.00. The van der Waals surface area contributed by atoms with E-state index in [2.05, 4.69) is 11.8 Å². The fourth-order valence-corrected chi connectivity index (χ4v) is 1.62. The summed E-state index contributed by atoms with van der Waals surface area (Å²) in [7, 11) is 0. The molecule has 0 saturated carbocycles. The molecule has 2 aromatic rings. The molecular weight excluding hydrogens is 260 g/mol. The summed E-state index contributed by atoms with van der Waals surface area (Å²) in [5.41, 5.74) is 7.03. The lowest BCUT2D eigenvalue weighted by molar-refractivity contribution is 0.302. The minimum absolute atomic E-state index is 0.162. The number of hydrogen-bond acceptors (Lipinski definition) is 2. The molecule has 2 N–H and O–H groups in total. The standard InChI is InChI=1S/C16H13F2NO/c17-14-8-15(18)10-16(9-14)20-11-13-5-3-12(4-6-13)2-1-7-19/h3-6,8-10H,7,11,19H2. The van der Waals surface area contributed by atoms with Crippen molar-refractivity contribution in [1.29, 1.82) is 0 Å². The lowest BCUT2D eigenvalue weighted by Gasteiger charge is -2.06. The number of halogens is 2. The number of benzene rings is 2. The molecule has 20 heavy (non-hydrogen) atoms. The molecule has 0 heterocycles. The smallest absolute Gasteiger partial charge is 0.129 e. The summed E-state index contributed by atoms with van der Waals surface area (Å²) >= 11 is 0. The summed E-state index contributed by atoms with van der Waals surface area (Å²) in [6.07, 6.45) is 0. The van der Waals surface area contributed by atoms with Crippen LogP contribution in [0.15, 0.2) is 42.5 Å². The molecule has 0 aliphatic heterocycles. The molecule has 0 aliphatic rings. The Hall–Kier alpha value is -2.38. The van der Waals surface area contributed by atoms with Crippen molar-refractivity contribution in [3.63, 3.8) is 0 Å². The molecule has 4 heteroatoms. The van der Waals surface area contributed by atoms with Gasteiger partial charge in [0.15, 0.2) is 0 Å². The van der Waals surface area contributed by atoms with Gasteiger partial charge in [-0.25, -0.2) is 8.78 Å². The number of ether oxygens (including phenoxy) is 1. The zero-order valence-electron chi connectivity index (χ0n) is 10.7. The molecule has 2 aromatic carbocycles. The van der Waals surface area contributed by atoms with Crippen molar-refractivity contribution in [2.24, 2.45) is 5.73 Å². The van der Waals surface area contributed by atoms with Gasteiger partial charge in [0.25, 0.3) is 0 Å². The largest absolute Gasteiger partial charge is 0.489 e. The number of nitrogens with two attached hydrogens (primary N) is 1. The van der Waals surface area contributed by atoms with E-state index in [1.807, 2.05) is 24.3 Å². The first kappa shape index (κ1) is 14.0. The van der Waals surface area contributed by atoms with Crippen LogP contribution in [0.4, 0.5) is 8.78 Å². The van der Waals surface area contributed by atoms with Gasteiger partial charge in [0, 0.05) is 23.8 Å². The Bertz CT molecular complexity index is 622. The van der Waals surface area contributed by atoms with Gasteiger partial charge < -0.3 is 10.5 Å². The Morgan fingerprint density at radius 2 is 1.65 bits per heavy atom. The van der Waals surface area contributed by atoms with Crippen molar-refractivity contribution in [2.45, 2.75) is 6.61 Å². The summed E-state index contributed by atoms with van der Waals surface area (Å²) in [6, 6.07) is 10.5. The lowest BCUT2D eigenvalue weighted by Crippen LogP contribution is -1.96. The molecule has 2 nitrogen and oxygen atoms in total. The van der Waals surface area contributed by atoms with Crippen LogP contribution in [0.25, 0.3) is 0 Å². The van der Waals surface area contributed by atoms with Gasteiger partial charge in [0.2, 0.25) is 0 Å². The number of hydrogen-bond donors (Lipinski definition) is 1. The lowest BCUT2D eigenvalue weighted by atomic mass is 10.1. The highest BCUT2D eigenvalue weighted by atomic mass is 19.1. The van der Waals surface area contributed by atoms with E-state index in [0.29, 0.717) is 6.54 Å². The third-order valence-corrected chi connectivity index (χ3v) is 2.53. The Labute approximate surface area is 116 Å². The third-order valence-electron chi connectivity index (χ3n) is 2.53. The van der Waals surface area contributed by atoms with E-state index in [1.54, 1.807) is 0 Å². The Morgan fingerprint density at radius 1 is 1.00 bits per heavy atom. The monoisotopic (exact) mass is 273 g/mol. The normalized spacial score (nSPS) is 9.75. The molecule has 0 aromatic heterocycles. The minimum atomic E-state index is -0.660. The Morgan fingerprint density at radius 3 is 2.25 bits per heavy atom. The minimum Gasteiger partial charge on any atom is -0.489 e. The Kier molecular flexibility index (Phi) is 4.70. The van der Waals surface area contributed by atoms with E-state index in [-0.39, 0.29) is 12.4 Å². The van der Waals surface area contributed by atoms with Gasteiger partial charge in [-0.1, -0.05) is 24.0 Å². The van der Waals surface area contributed by atoms with Crippen LogP contribution < -0.4 is 10.5 Å².